The summed E-state index contributed by atoms with van der Waals surface area (Å²) in [6, 6.07) is 0.0531. The molecule has 1 fully saturated rings. The van der Waals surface area contributed by atoms with Crippen LogP contribution in [-0.2, 0) is 7.05 Å². The summed E-state index contributed by atoms with van der Waals surface area (Å²) in [7, 11) is 1.71. The number of aliphatic hydroxyl groups is 1. The molecular formula is C13H17ClN4O2. The van der Waals surface area contributed by atoms with Crippen LogP contribution in [0.2, 0.25) is 5.28 Å². The molecule has 2 aromatic heterocycles. The van der Waals surface area contributed by atoms with Crippen molar-refractivity contribution in [3.8, 4) is 0 Å². The first-order valence-electron chi connectivity index (χ1n) is 6.71. The Balaban J connectivity index is 2.10. The van der Waals surface area contributed by atoms with Crippen molar-refractivity contribution in [3.05, 3.63) is 22.0 Å². The van der Waals surface area contributed by atoms with Crippen molar-refractivity contribution in [2.45, 2.75) is 44.2 Å². The Labute approximate surface area is 121 Å². The molecule has 1 aliphatic carbocycles. The first-order chi connectivity index (χ1) is 9.39. The first-order valence-corrected chi connectivity index (χ1v) is 7.09. The highest BCUT2D eigenvalue weighted by Crippen LogP contribution is 2.35. The molecule has 7 heteroatoms. The van der Waals surface area contributed by atoms with Crippen molar-refractivity contribution < 1.29 is 5.11 Å². The maximum Gasteiger partial charge on any atom is 0.330 e. The van der Waals surface area contributed by atoms with Gasteiger partial charge in [0.15, 0.2) is 5.65 Å². The smallest absolute Gasteiger partial charge is 0.330 e. The van der Waals surface area contributed by atoms with E-state index in [2.05, 4.69) is 9.97 Å². The second-order valence-corrected chi connectivity index (χ2v) is 6.13. The maximum atomic E-state index is 12.4. The van der Waals surface area contributed by atoms with E-state index in [0.29, 0.717) is 24.0 Å². The van der Waals surface area contributed by atoms with E-state index >= 15 is 0 Å². The molecule has 0 amide bonds. The molecule has 2 aromatic rings. The molecule has 1 N–H and O–H groups in total. The van der Waals surface area contributed by atoms with Crippen LogP contribution in [-0.4, -0.2) is 29.8 Å². The number of aromatic nitrogens is 4. The SMILES string of the molecule is Cn1c(=O)n([C@H]2CC[C@@](C)(O)CC2)c2nc(Cl)ncc21. The Kier molecular flexibility index (Phi) is 3.10. The topological polar surface area (TPSA) is 72.9 Å². The molecule has 0 aliphatic heterocycles. The van der Waals surface area contributed by atoms with E-state index in [1.165, 1.54) is 0 Å². The molecule has 0 spiro atoms. The number of hydrogen-bond donors (Lipinski definition) is 1. The van der Waals surface area contributed by atoms with Gasteiger partial charge in [-0.2, -0.15) is 4.98 Å². The molecular weight excluding hydrogens is 280 g/mol. The Hall–Kier alpha value is -1.40. The van der Waals surface area contributed by atoms with Crippen LogP contribution in [0.5, 0.6) is 0 Å². The number of imidazole rings is 1. The van der Waals surface area contributed by atoms with Crippen LogP contribution in [0.4, 0.5) is 0 Å². The van der Waals surface area contributed by atoms with Gasteiger partial charge in [0.05, 0.1) is 11.8 Å². The third kappa shape index (κ3) is 2.13. The predicted octanol–water partition coefficient (Wildman–Crippen LogP) is 1.65. The van der Waals surface area contributed by atoms with Crippen molar-refractivity contribution in [1.82, 2.24) is 19.1 Å². The maximum absolute atomic E-state index is 12.4. The molecule has 20 heavy (non-hydrogen) atoms. The molecule has 0 atom stereocenters. The summed E-state index contributed by atoms with van der Waals surface area (Å²) in [5.41, 5.74) is 0.515. The second-order valence-electron chi connectivity index (χ2n) is 5.79. The summed E-state index contributed by atoms with van der Waals surface area (Å²) in [5, 5.41) is 10.2. The monoisotopic (exact) mass is 296 g/mol. The van der Waals surface area contributed by atoms with Crippen LogP contribution in [0.25, 0.3) is 11.2 Å². The van der Waals surface area contributed by atoms with E-state index in [1.54, 1.807) is 22.4 Å². The molecule has 1 saturated carbocycles. The fourth-order valence-corrected chi connectivity index (χ4v) is 3.06. The number of halogens is 1. The molecule has 0 radical (unpaired) electrons. The van der Waals surface area contributed by atoms with Crippen LogP contribution in [0.15, 0.2) is 11.0 Å². The van der Waals surface area contributed by atoms with Gasteiger partial charge in [-0.3, -0.25) is 9.13 Å². The average molecular weight is 297 g/mol. The molecule has 6 nitrogen and oxygen atoms in total. The van der Waals surface area contributed by atoms with Crippen molar-refractivity contribution in [2.24, 2.45) is 7.05 Å². The van der Waals surface area contributed by atoms with E-state index in [1.807, 2.05) is 6.92 Å². The highest BCUT2D eigenvalue weighted by molar-refractivity contribution is 6.28. The van der Waals surface area contributed by atoms with Crippen LogP contribution >= 0.6 is 11.6 Å². The van der Waals surface area contributed by atoms with Gasteiger partial charge in [-0.15, -0.1) is 0 Å². The van der Waals surface area contributed by atoms with Crippen LogP contribution in [0, 0.1) is 0 Å². The number of hydrogen-bond acceptors (Lipinski definition) is 4. The summed E-state index contributed by atoms with van der Waals surface area (Å²) in [4.78, 5) is 20.5. The summed E-state index contributed by atoms with van der Waals surface area (Å²) < 4.78 is 3.23. The second kappa shape index (κ2) is 4.56. The van der Waals surface area contributed by atoms with Crippen molar-refractivity contribution in [1.29, 1.82) is 0 Å². The van der Waals surface area contributed by atoms with Crippen LogP contribution in [0.1, 0.15) is 38.6 Å². The normalized spacial score (nSPS) is 27.1. The minimum atomic E-state index is -0.628. The Morgan fingerprint density at radius 2 is 2.10 bits per heavy atom. The lowest BCUT2D eigenvalue weighted by Crippen LogP contribution is -2.35. The number of aryl methyl sites for hydroxylation is 1. The molecule has 3 rings (SSSR count). The van der Waals surface area contributed by atoms with Gasteiger partial charge in [-0.1, -0.05) is 0 Å². The molecule has 2 heterocycles. The third-order valence-electron chi connectivity index (χ3n) is 4.20. The van der Waals surface area contributed by atoms with Crippen molar-refractivity contribution >= 4 is 22.8 Å². The lowest BCUT2D eigenvalue weighted by Gasteiger charge is -2.33. The Bertz CT molecular complexity index is 709. The summed E-state index contributed by atoms with van der Waals surface area (Å²) >= 11 is 5.85. The molecule has 0 unspecified atom stereocenters. The number of rotatable bonds is 1. The predicted molar refractivity (Wildman–Crippen MR) is 75.9 cm³/mol. The first kappa shape index (κ1) is 13.6. The summed E-state index contributed by atoms with van der Waals surface area (Å²) in [6.45, 7) is 1.84. The molecule has 1 aliphatic rings. The lowest BCUT2D eigenvalue weighted by atomic mass is 9.83. The van der Waals surface area contributed by atoms with Crippen molar-refractivity contribution in [2.75, 3.05) is 0 Å². The molecule has 0 saturated heterocycles. The zero-order valence-electron chi connectivity index (χ0n) is 11.5. The highest BCUT2D eigenvalue weighted by atomic mass is 35.5. The molecule has 0 bridgehead atoms. The van der Waals surface area contributed by atoms with Gasteiger partial charge in [-0.05, 0) is 44.2 Å². The van der Waals surface area contributed by atoms with Crippen LogP contribution in [0.3, 0.4) is 0 Å². The van der Waals surface area contributed by atoms with E-state index in [-0.39, 0.29) is 17.0 Å². The van der Waals surface area contributed by atoms with E-state index in [9.17, 15) is 9.90 Å². The fraction of sp³-hybridized carbons (Fsp3) is 0.615. The third-order valence-corrected chi connectivity index (χ3v) is 4.38. The minimum absolute atomic E-state index is 0.0531. The minimum Gasteiger partial charge on any atom is -0.390 e. The zero-order valence-corrected chi connectivity index (χ0v) is 12.3. The van der Waals surface area contributed by atoms with E-state index in [4.69, 9.17) is 11.6 Å². The molecule has 0 aromatic carbocycles. The fourth-order valence-electron chi connectivity index (χ4n) is 2.93. The summed E-state index contributed by atoms with van der Waals surface area (Å²) in [5.74, 6) is 0. The van der Waals surface area contributed by atoms with Crippen molar-refractivity contribution in [3.63, 3.8) is 0 Å². The average Bonchev–Trinajstić information content (AvgIpc) is 2.63. The zero-order chi connectivity index (χ0) is 14.5. The standard InChI is InChI=1S/C13H17ClN4O2/c1-13(20)5-3-8(4-6-13)18-10-9(17(2)12(18)19)7-15-11(14)16-10/h7-8,20H,3-6H2,1-2H3/t8-,13+. The van der Waals surface area contributed by atoms with Gasteiger partial charge in [0, 0.05) is 13.1 Å². The van der Waals surface area contributed by atoms with Gasteiger partial charge >= 0.3 is 5.69 Å². The summed E-state index contributed by atoms with van der Waals surface area (Å²) in [6.07, 6.45) is 4.45. The van der Waals surface area contributed by atoms with E-state index in [0.717, 1.165) is 12.8 Å². The van der Waals surface area contributed by atoms with Crippen LogP contribution < -0.4 is 5.69 Å². The van der Waals surface area contributed by atoms with Gasteiger partial charge < -0.3 is 5.11 Å². The number of nitrogens with zero attached hydrogens (tertiary/aromatic N) is 4. The van der Waals surface area contributed by atoms with Gasteiger partial charge in [0.25, 0.3) is 0 Å². The largest absolute Gasteiger partial charge is 0.390 e. The van der Waals surface area contributed by atoms with Gasteiger partial charge in [-0.25, -0.2) is 9.78 Å². The number of fused-ring (bicyclic) bond motifs is 1. The Morgan fingerprint density at radius 3 is 2.75 bits per heavy atom. The van der Waals surface area contributed by atoms with E-state index < -0.39 is 5.60 Å². The Morgan fingerprint density at radius 1 is 1.45 bits per heavy atom. The van der Waals surface area contributed by atoms with Gasteiger partial charge in [0.1, 0.15) is 5.52 Å². The highest BCUT2D eigenvalue weighted by Gasteiger charge is 2.31. The molecule has 108 valence electrons. The quantitative estimate of drug-likeness (QED) is 0.812. The van der Waals surface area contributed by atoms with Gasteiger partial charge in [0.2, 0.25) is 5.28 Å². The lowest BCUT2D eigenvalue weighted by molar-refractivity contribution is 0.00991.